The number of nitrogens with one attached hydrogen (secondary N) is 1. The van der Waals surface area contributed by atoms with Crippen molar-refractivity contribution in [2.24, 2.45) is 0 Å². The van der Waals surface area contributed by atoms with Gasteiger partial charge in [0.2, 0.25) is 0 Å². The molecular formula is C20H26N4O2. The third kappa shape index (κ3) is 5.54. The van der Waals surface area contributed by atoms with Crippen LogP contribution in [0.4, 0.5) is 5.82 Å². The summed E-state index contributed by atoms with van der Waals surface area (Å²) in [6.07, 6.45) is 1.01. The fraction of sp³-hybridized carbons (Fsp3) is 0.400. The summed E-state index contributed by atoms with van der Waals surface area (Å²) >= 11 is 0. The lowest BCUT2D eigenvalue weighted by Crippen LogP contribution is -2.46. The molecule has 0 spiro atoms. The summed E-state index contributed by atoms with van der Waals surface area (Å²) in [4.78, 5) is 20.0. The first-order valence-electron chi connectivity index (χ1n) is 9.13. The van der Waals surface area contributed by atoms with Crippen LogP contribution >= 0.6 is 0 Å². The van der Waals surface area contributed by atoms with E-state index in [1.807, 2.05) is 0 Å². The van der Waals surface area contributed by atoms with Crippen LogP contribution in [0.25, 0.3) is 0 Å². The Morgan fingerprint density at radius 2 is 1.73 bits per heavy atom. The maximum atomic E-state index is 10.9. The van der Waals surface area contributed by atoms with E-state index in [9.17, 15) is 4.79 Å². The van der Waals surface area contributed by atoms with Gasteiger partial charge in [0.05, 0.1) is 0 Å². The maximum Gasteiger partial charge on any atom is 0.354 e. The highest BCUT2D eigenvalue weighted by atomic mass is 16.4. The van der Waals surface area contributed by atoms with Crippen molar-refractivity contribution < 1.29 is 9.90 Å². The van der Waals surface area contributed by atoms with Crippen molar-refractivity contribution in [1.82, 2.24) is 14.8 Å². The van der Waals surface area contributed by atoms with Crippen LogP contribution < -0.4 is 5.32 Å². The molecule has 1 aromatic carbocycles. The Labute approximate surface area is 154 Å². The van der Waals surface area contributed by atoms with Crippen LogP contribution in [0.2, 0.25) is 0 Å². The smallest absolute Gasteiger partial charge is 0.354 e. The molecule has 0 bridgehead atoms. The number of benzene rings is 1. The number of anilines is 1. The molecule has 2 heterocycles. The van der Waals surface area contributed by atoms with Gasteiger partial charge in [-0.05, 0) is 30.7 Å². The standard InChI is InChI=1S/C20H26N4O2/c25-20(26)18-8-4-9-19(22-18)21-10-5-11-23-12-14-24(15-13-23)16-17-6-2-1-3-7-17/h1-4,6-9H,5,10-16H2,(H,21,22)(H,25,26). The number of carbonyl (C=O) groups is 1. The summed E-state index contributed by atoms with van der Waals surface area (Å²) in [6, 6.07) is 15.6. The zero-order valence-corrected chi connectivity index (χ0v) is 15.0. The SMILES string of the molecule is O=C(O)c1cccc(NCCCN2CCN(Cc3ccccc3)CC2)n1. The second kappa shape index (κ2) is 9.31. The molecule has 0 radical (unpaired) electrons. The van der Waals surface area contributed by atoms with Crippen LogP contribution in [0.5, 0.6) is 0 Å². The van der Waals surface area contributed by atoms with E-state index in [-0.39, 0.29) is 5.69 Å². The first kappa shape index (κ1) is 18.4. The normalized spacial score (nSPS) is 15.7. The van der Waals surface area contributed by atoms with Gasteiger partial charge >= 0.3 is 5.97 Å². The number of rotatable bonds is 8. The molecule has 138 valence electrons. The average Bonchev–Trinajstić information content (AvgIpc) is 2.67. The Balaban J connectivity index is 1.33. The minimum atomic E-state index is -0.998. The molecule has 0 saturated carbocycles. The topological polar surface area (TPSA) is 68.7 Å². The Morgan fingerprint density at radius 1 is 1.00 bits per heavy atom. The quantitative estimate of drug-likeness (QED) is 0.710. The molecule has 2 aromatic rings. The molecule has 1 saturated heterocycles. The molecule has 0 aliphatic carbocycles. The van der Waals surface area contributed by atoms with Crippen LogP contribution in [0, 0.1) is 0 Å². The molecule has 1 aromatic heterocycles. The summed E-state index contributed by atoms with van der Waals surface area (Å²) in [6.45, 7) is 7.27. The van der Waals surface area contributed by atoms with E-state index in [1.54, 1.807) is 12.1 Å². The minimum absolute atomic E-state index is 0.0736. The van der Waals surface area contributed by atoms with Crippen LogP contribution in [0.15, 0.2) is 48.5 Å². The summed E-state index contributed by atoms with van der Waals surface area (Å²) in [5, 5.41) is 12.2. The number of carboxylic acids is 1. The molecule has 6 heteroatoms. The summed E-state index contributed by atoms with van der Waals surface area (Å²) < 4.78 is 0. The van der Waals surface area contributed by atoms with Crippen molar-refractivity contribution in [1.29, 1.82) is 0 Å². The summed E-state index contributed by atoms with van der Waals surface area (Å²) in [5.74, 6) is -0.375. The predicted molar refractivity (Wildman–Crippen MR) is 102 cm³/mol. The van der Waals surface area contributed by atoms with Crippen molar-refractivity contribution in [3.05, 3.63) is 59.8 Å². The highest BCUT2D eigenvalue weighted by Gasteiger charge is 2.16. The monoisotopic (exact) mass is 354 g/mol. The molecule has 1 fully saturated rings. The lowest BCUT2D eigenvalue weighted by Gasteiger charge is -2.34. The van der Waals surface area contributed by atoms with Crippen LogP contribution in [0.1, 0.15) is 22.5 Å². The van der Waals surface area contributed by atoms with Gasteiger partial charge in [-0.2, -0.15) is 0 Å². The van der Waals surface area contributed by atoms with Gasteiger partial charge in [-0.3, -0.25) is 4.90 Å². The number of hydrogen-bond donors (Lipinski definition) is 2. The molecule has 1 aliphatic heterocycles. The lowest BCUT2D eigenvalue weighted by atomic mass is 10.2. The lowest BCUT2D eigenvalue weighted by molar-refractivity contribution is 0.0690. The van der Waals surface area contributed by atoms with Gasteiger partial charge in [-0.25, -0.2) is 9.78 Å². The third-order valence-electron chi connectivity index (χ3n) is 4.64. The van der Waals surface area contributed by atoms with Crippen LogP contribution in [0.3, 0.4) is 0 Å². The molecule has 3 rings (SSSR count). The molecular weight excluding hydrogens is 328 g/mol. The molecule has 6 nitrogen and oxygen atoms in total. The molecule has 1 aliphatic rings. The molecule has 0 amide bonds. The van der Waals surface area contributed by atoms with E-state index in [1.165, 1.54) is 11.6 Å². The second-order valence-electron chi connectivity index (χ2n) is 6.60. The Morgan fingerprint density at radius 3 is 2.46 bits per heavy atom. The van der Waals surface area contributed by atoms with E-state index < -0.39 is 5.97 Å². The van der Waals surface area contributed by atoms with Gasteiger partial charge in [-0.15, -0.1) is 0 Å². The van der Waals surface area contributed by atoms with E-state index in [4.69, 9.17) is 5.11 Å². The molecule has 0 atom stereocenters. The third-order valence-corrected chi connectivity index (χ3v) is 4.64. The number of piperazine rings is 1. The average molecular weight is 354 g/mol. The number of aromatic carboxylic acids is 1. The Hall–Kier alpha value is -2.44. The fourth-order valence-electron chi connectivity index (χ4n) is 3.18. The van der Waals surface area contributed by atoms with Crippen molar-refractivity contribution in [2.45, 2.75) is 13.0 Å². The summed E-state index contributed by atoms with van der Waals surface area (Å²) in [5.41, 5.74) is 1.45. The van der Waals surface area contributed by atoms with Crippen molar-refractivity contribution in [3.63, 3.8) is 0 Å². The van der Waals surface area contributed by atoms with E-state index in [0.717, 1.165) is 52.2 Å². The van der Waals surface area contributed by atoms with Crippen LogP contribution in [-0.2, 0) is 6.54 Å². The van der Waals surface area contributed by atoms with Crippen LogP contribution in [-0.4, -0.2) is 65.1 Å². The predicted octanol–water partition coefficient (Wildman–Crippen LogP) is 2.40. The van der Waals surface area contributed by atoms with Gasteiger partial charge in [-0.1, -0.05) is 36.4 Å². The van der Waals surface area contributed by atoms with E-state index >= 15 is 0 Å². The van der Waals surface area contributed by atoms with Crippen molar-refractivity contribution >= 4 is 11.8 Å². The highest BCUT2D eigenvalue weighted by Crippen LogP contribution is 2.09. The molecule has 2 N–H and O–H groups in total. The first-order valence-corrected chi connectivity index (χ1v) is 9.13. The van der Waals surface area contributed by atoms with E-state index in [2.05, 4.69) is 50.4 Å². The largest absolute Gasteiger partial charge is 0.477 e. The highest BCUT2D eigenvalue weighted by molar-refractivity contribution is 5.85. The number of hydrogen-bond acceptors (Lipinski definition) is 5. The van der Waals surface area contributed by atoms with Gasteiger partial charge in [0.25, 0.3) is 0 Å². The second-order valence-corrected chi connectivity index (χ2v) is 6.60. The minimum Gasteiger partial charge on any atom is -0.477 e. The number of aromatic nitrogens is 1. The fourth-order valence-corrected chi connectivity index (χ4v) is 3.18. The zero-order valence-electron chi connectivity index (χ0n) is 15.0. The van der Waals surface area contributed by atoms with Gasteiger partial charge in [0.1, 0.15) is 5.82 Å². The van der Waals surface area contributed by atoms with Gasteiger partial charge in [0, 0.05) is 39.3 Å². The number of nitrogens with zero attached hydrogens (tertiary/aromatic N) is 3. The summed E-state index contributed by atoms with van der Waals surface area (Å²) in [7, 11) is 0. The Kier molecular flexibility index (Phi) is 6.57. The maximum absolute atomic E-state index is 10.9. The van der Waals surface area contributed by atoms with Crippen molar-refractivity contribution in [3.8, 4) is 0 Å². The zero-order chi connectivity index (χ0) is 18.2. The van der Waals surface area contributed by atoms with Gasteiger partial charge in [0.15, 0.2) is 5.69 Å². The van der Waals surface area contributed by atoms with E-state index in [0.29, 0.717) is 5.82 Å². The first-order chi connectivity index (χ1) is 12.7. The molecule has 26 heavy (non-hydrogen) atoms. The number of pyridine rings is 1. The number of carboxylic acid groups (broad SMARTS) is 1. The Bertz CT molecular complexity index is 700. The van der Waals surface area contributed by atoms with Crippen molar-refractivity contribution in [2.75, 3.05) is 44.6 Å². The van der Waals surface area contributed by atoms with Gasteiger partial charge < -0.3 is 15.3 Å². The molecule has 0 unspecified atom stereocenters.